The molecule has 41 heavy (non-hydrogen) atoms. The number of methoxy groups -OCH3 is 1. The first-order chi connectivity index (χ1) is 19.2. The predicted molar refractivity (Wildman–Crippen MR) is 128 cm³/mol. The van der Waals surface area contributed by atoms with E-state index in [4.69, 9.17) is 4.74 Å². The third kappa shape index (κ3) is 4.53. The fourth-order valence-electron chi connectivity index (χ4n) is 5.66. The molecule has 2 aliphatic heterocycles. The Kier molecular flexibility index (Phi) is 6.68. The van der Waals surface area contributed by atoms with E-state index < -0.39 is 70.5 Å². The summed E-state index contributed by atoms with van der Waals surface area (Å²) in [6, 6.07) is 9.64. The number of carbonyl (C=O) groups excluding carboxylic acids is 3. The van der Waals surface area contributed by atoms with Gasteiger partial charge in [-0.2, -0.15) is 26.3 Å². The topological polar surface area (TPSA) is 75.7 Å². The van der Waals surface area contributed by atoms with Gasteiger partial charge in [-0.1, -0.05) is 24.3 Å². The highest BCUT2D eigenvalue weighted by Gasteiger charge is 2.68. The van der Waals surface area contributed by atoms with Crippen LogP contribution in [0.3, 0.4) is 0 Å². The highest BCUT2D eigenvalue weighted by atomic mass is 19.4. The summed E-state index contributed by atoms with van der Waals surface area (Å²) >= 11 is 0. The number of alkyl halides is 6. The Morgan fingerprint density at radius 1 is 0.829 bits per heavy atom. The number of ether oxygens (including phenoxy) is 1. The molecule has 0 unspecified atom stereocenters. The van der Waals surface area contributed by atoms with Crippen LogP contribution in [-0.2, 0) is 37.0 Å². The van der Waals surface area contributed by atoms with Gasteiger partial charge in [-0.15, -0.1) is 0 Å². The van der Waals surface area contributed by atoms with Crippen molar-refractivity contribution in [3.8, 4) is 0 Å². The van der Waals surface area contributed by atoms with Gasteiger partial charge in [-0.3, -0.25) is 19.7 Å². The maximum Gasteiger partial charge on any atom is 0.416 e. The molecule has 5 rings (SSSR count). The molecule has 214 valence electrons. The molecular formula is C28H19F7N2O4. The van der Waals surface area contributed by atoms with Crippen LogP contribution in [0.15, 0.2) is 72.8 Å². The van der Waals surface area contributed by atoms with Gasteiger partial charge in [-0.05, 0) is 59.7 Å². The third-order valence-corrected chi connectivity index (χ3v) is 7.39. The number of nitrogens with zero attached hydrogens (tertiary/aromatic N) is 1. The smallest absolute Gasteiger partial charge is 0.416 e. The summed E-state index contributed by atoms with van der Waals surface area (Å²) < 4.78 is 101. The van der Waals surface area contributed by atoms with E-state index in [2.05, 4.69) is 5.32 Å². The van der Waals surface area contributed by atoms with Crippen LogP contribution >= 0.6 is 0 Å². The molecule has 2 fully saturated rings. The Labute approximate surface area is 227 Å². The van der Waals surface area contributed by atoms with Crippen molar-refractivity contribution in [1.82, 2.24) is 5.32 Å². The lowest BCUT2D eigenvalue weighted by Gasteiger charge is -2.37. The van der Waals surface area contributed by atoms with Crippen LogP contribution in [-0.4, -0.2) is 30.9 Å². The van der Waals surface area contributed by atoms with Gasteiger partial charge in [-0.25, -0.2) is 9.29 Å². The van der Waals surface area contributed by atoms with Crippen LogP contribution in [0.25, 0.3) is 0 Å². The second-order valence-electron chi connectivity index (χ2n) is 9.60. The van der Waals surface area contributed by atoms with Crippen molar-refractivity contribution in [1.29, 1.82) is 0 Å². The summed E-state index contributed by atoms with van der Waals surface area (Å²) in [6.45, 7) is 0. The molecule has 0 aromatic heterocycles. The predicted octanol–water partition coefficient (Wildman–Crippen LogP) is 5.06. The number of nitrogens with one attached hydrogen (secondary N) is 1. The Bertz CT molecular complexity index is 1480. The number of benzene rings is 3. The molecule has 0 spiro atoms. The number of rotatable bonds is 4. The first kappa shape index (κ1) is 28.3. The first-order valence-corrected chi connectivity index (χ1v) is 12.0. The maximum atomic E-state index is 14.0. The number of carbonyl (C=O) groups is 3. The van der Waals surface area contributed by atoms with Crippen molar-refractivity contribution in [2.24, 2.45) is 11.8 Å². The van der Waals surface area contributed by atoms with E-state index >= 15 is 0 Å². The minimum Gasteiger partial charge on any atom is -0.468 e. The molecule has 0 saturated carbocycles. The van der Waals surface area contributed by atoms with Gasteiger partial charge in [0.05, 0.1) is 41.3 Å². The Morgan fingerprint density at radius 3 is 1.80 bits per heavy atom. The second kappa shape index (κ2) is 9.68. The summed E-state index contributed by atoms with van der Waals surface area (Å²) in [5.74, 6) is -7.02. The average Bonchev–Trinajstić information content (AvgIpc) is 3.42. The fraction of sp³-hybridized carbons (Fsp3) is 0.250. The van der Waals surface area contributed by atoms with Gasteiger partial charge in [0.2, 0.25) is 11.8 Å². The normalized spacial score (nSPS) is 22.1. The number of hydrogen-bond acceptors (Lipinski definition) is 5. The summed E-state index contributed by atoms with van der Waals surface area (Å²) in [4.78, 5) is 41.3. The van der Waals surface area contributed by atoms with Gasteiger partial charge < -0.3 is 4.74 Å². The number of anilines is 1. The van der Waals surface area contributed by atoms with E-state index in [1.807, 2.05) is 0 Å². The zero-order valence-electron chi connectivity index (χ0n) is 20.9. The van der Waals surface area contributed by atoms with Crippen molar-refractivity contribution in [2.45, 2.75) is 23.9 Å². The largest absolute Gasteiger partial charge is 0.468 e. The lowest BCUT2D eigenvalue weighted by atomic mass is 9.71. The minimum absolute atomic E-state index is 0.0959. The Morgan fingerprint density at radius 2 is 1.34 bits per heavy atom. The van der Waals surface area contributed by atoms with Crippen LogP contribution < -0.4 is 10.2 Å². The Balaban J connectivity index is 1.81. The zero-order valence-corrected chi connectivity index (χ0v) is 20.9. The first-order valence-electron chi connectivity index (χ1n) is 12.0. The SMILES string of the molecule is COC(=O)[C@@H]1NC(c2cccc(C(F)(F)F)c2)(c2cccc(C(F)(F)F)c2)[C@H]2C(=O)N(c3ccc(F)cc3)C(=O)[C@@H]12. The van der Waals surface area contributed by atoms with Gasteiger partial charge in [0, 0.05) is 0 Å². The second-order valence-corrected chi connectivity index (χ2v) is 9.60. The molecule has 0 bridgehead atoms. The summed E-state index contributed by atoms with van der Waals surface area (Å²) in [5.41, 5.74) is -5.29. The molecule has 2 saturated heterocycles. The van der Waals surface area contributed by atoms with E-state index in [0.29, 0.717) is 17.0 Å². The van der Waals surface area contributed by atoms with Crippen LogP contribution in [0, 0.1) is 17.7 Å². The lowest BCUT2D eigenvalue weighted by Crippen LogP contribution is -2.52. The molecule has 2 amide bonds. The number of imide groups is 1. The number of esters is 1. The molecule has 1 N–H and O–H groups in total. The molecule has 0 radical (unpaired) electrons. The van der Waals surface area contributed by atoms with Crippen LogP contribution in [0.1, 0.15) is 22.3 Å². The molecule has 2 aliphatic rings. The number of amides is 2. The van der Waals surface area contributed by atoms with E-state index in [1.165, 1.54) is 0 Å². The quantitative estimate of drug-likeness (QED) is 0.266. The Hall–Kier alpha value is -4.26. The maximum absolute atomic E-state index is 14.0. The number of fused-ring (bicyclic) bond motifs is 1. The molecule has 6 nitrogen and oxygen atoms in total. The zero-order chi connectivity index (χ0) is 29.9. The van der Waals surface area contributed by atoms with E-state index in [-0.39, 0.29) is 16.8 Å². The molecule has 3 aromatic carbocycles. The van der Waals surface area contributed by atoms with Crippen molar-refractivity contribution in [3.63, 3.8) is 0 Å². The minimum atomic E-state index is -4.87. The summed E-state index contributed by atoms with van der Waals surface area (Å²) in [7, 11) is 0.979. The van der Waals surface area contributed by atoms with Gasteiger partial charge in [0.1, 0.15) is 11.9 Å². The third-order valence-electron chi connectivity index (χ3n) is 7.39. The summed E-state index contributed by atoms with van der Waals surface area (Å²) in [6.07, 6.45) is -9.75. The monoisotopic (exact) mass is 580 g/mol. The molecule has 3 atom stereocenters. The van der Waals surface area contributed by atoms with E-state index in [0.717, 1.165) is 67.8 Å². The average molecular weight is 580 g/mol. The van der Waals surface area contributed by atoms with Crippen molar-refractivity contribution in [2.75, 3.05) is 12.0 Å². The lowest BCUT2D eigenvalue weighted by molar-refractivity contribution is -0.145. The molecule has 13 heteroatoms. The van der Waals surface area contributed by atoms with Crippen LogP contribution in [0.4, 0.5) is 36.4 Å². The molecule has 3 aromatic rings. The fourth-order valence-corrected chi connectivity index (χ4v) is 5.66. The molecule has 2 heterocycles. The number of halogens is 7. The van der Waals surface area contributed by atoms with Gasteiger partial charge >= 0.3 is 18.3 Å². The van der Waals surface area contributed by atoms with Crippen molar-refractivity contribution >= 4 is 23.5 Å². The van der Waals surface area contributed by atoms with Crippen LogP contribution in [0.2, 0.25) is 0 Å². The standard InChI is InChI=1S/C28H19F7N2O4/c1-41-25(40)22-20-21(24(39)37(23(20)38)19-10-8-18(29)9-11-19)26(36-22,14-4-2-6-16(12-14)27(30,31)32)15-5-3-7-17(13-15)28(33,34)35/h2-13,20-22,36H,1H3/t20-,21-,22-/m1/s1. The van der Waals surface area contributed by atoms with Gasteiger partial charge in [0.25, 0.3) is 0 Å². The van der Waals surface area contributed by atoms with Crippen molar-refractivity contribution in [3.05, 3.63) is 101 Å². The van der Waals surface area contributed by atoms with Gasteiger partial charge in [0.15, 0.2) is 0 Å². The van der Waals surface area contributed by atoms with Crippen LogP contribution in [0.5, 0.6) is 0 Å². The number of hydrogen-bond donors (Lipinski definition) is 1. The highest BCUT2D eigenvalue weighted by molar-refractivity contribution is 6.24. The molecular weight excluding hydrogens is 561 g/mol. The highest BCUT2D eigenvalue weighted by Crippen LogP contribution is 2.53. The molecule has 0 aliphatic carbocycles. The van der Waals surface area contributed by atoms with E-state index in [1.54, 1.807) is 0 Å². The van der Waals surface area contributed by atoms with Crippen molar-refractivity contribution < 1.29 is 49.9 Å². The van der Waals surface area contributed by atoms with E-state index in [9.17, 15) is 45.1 Å². The summed E-state index contributed by atoms with van der Waals surface area (Å²) in [5, 5.41) is 2.75.